The second kappa shape index (κ2) is 8.16. The van der Waals surface area contributed by atoms with Crippen molar-refractivity contribution in [1.29, 1.82) is 0 Å². The van der Waals surface area contributed by atoms with Crippen LogP contribution in [0.15, 0.2) is 90.0 Å². The SMILES string of the molecule is Cc1ccc(NC(=O)Cn2cc(S(=O)(=O)Cc3ccccc3)c3ccccc32)cc1. The minimum atomic E-state index is -3.57. The summed E-state index contributed by atoms with van der Waals surface area (Å²) in [7, 11) is -3.57. The summed E-state index contributed by atoms with van der Waals surface area (Å²) < 4.78 is 27.9. The lowest BCUT2D eigenvalue weighted by atomic mass is 10.2. The number of rotatable bonds is 6. The van der Waals surface area contributed by atoms with E-state index in [1.165, 1.54) is 0 Å². The number of sulfone groups is 1. The van der Waals surface area contributed by atoms with E-state index in [4.69, 9.17) is 0 Å². The number of benzene rings is 3. The number of nitrogens with zero attached hydrogens (tertiary/aromatic N) is 1. The molecule has 0 spiro atoms. The predicted molar refractivity (Wildman–Crippen MR) is 119 cm³/mol. The van der Waals surface area contributed by atoms with Gasteiger partial charge in [-0.2, -0.15) is 0 Å². The number of carbonyl (C=O) groups excluding carboxylic acids is 1. The van der Waals surface area contributed by atoms with Gasteiger partial charge in [0, 0.05) is 22.8 Å². The van der Waals surface area contributed by atoms with Crippen LogP contribution in [0.5, 0.6) is 0 Å². The Hall–Kier alpha value is -3.38. The molecule has 1 heterocycles. The Bertz CT molecular complexity index is 1290. The van der Waals surface area contributed by atoms with E-state index in [1.54, 1.807) is 35.0 Å². The Morgan fingerprint density at radius 1 is 0.900 bits per heavy atom. The molecule has 0 bridgehead atoms. The predicted octanol–water partition coefficient (Wildman–Crippen LogP) is 4.56. The third kappa shape index (κ3) is 4.28. The van der Waals surface area contributed by atoms with Gasteiger partial charge < -0.3 is 9.88 Å². The zero-order valence-corrected chi connectivity index (χ0v) is 17.4. The van der Waals surface area contributed by atoms with Crippen molar-refractivity contribution in [3.05, 3.63) is 96.2 Å². The number of hydrogen-bond donors (Lipinski definition) is 1. The summed E-state index contributed by atoms with van der Waals surface area (Å²) in [5.74, 6) is -0.302. The fraction of sp³-hybridized carbons (Fsp3) is 0.125. The van der Waals surface area contributed by atoms with Crippen LogP contribution in [0.1, 0.15) is 11.1 Å². The number of para-hydroxylation sites is 1. The molecule has 0 fully saturated rings. The molecule has 0 saturated carbocycles. The van der Waals surface area contributed by atoms with Crippen LogP contribution in [-0.2, 0) is 26.9 Å². The standard InChI is InChI=1S/C24H22N2O3S/c1-18-11-13-20(14-12-18)25-24(27)16-26-15-23(21-9-5-6-10-22(21)26)30(28,29)17-19-7-3-2-4-8-19/h2-15H,16-17H2,1H3,(H,25,27). The number of nitrogens with one attached hydrogen (secondary N) is 1. The van der Waals surface area contributed by atoms with E-state index in [0.717, 1.165) is 11.1 Å². The number of hydrogen-bond acceptors (Lipinski definition) is 3. The second-order valence-electron chi connectivity index (χ2n) is 7.30. The molecule has 0 aliphatic carbocycles. The molecule has 0 aliphatic heterocycles. The highest BCUT2D eigenvalue weighted by atomic mass is 32.2. The first-order valence-electron chi connectivity index (χ1n) is 9.63. The number of fused-ring (bicyclic) bond motifs is 1. The number of aryl methyl sites for hydroxylation is 1. The number of amides is 1. The summed E-state index contributed by atoms with van der Waals surface area (Å²) in [6, 6.07) is 23.9. The van der Waals surface area contributed by atoms with Crippen LogP contribution < -0.4 is 5.32 Å². The Balaban J connectivity index is 1.63. The van der Waals surface area contributed by atoms with Gasteiger partial charge in [0.15, 0.2) is 9.84 Å². The molecule has 30 heavy (non-hydrogen) atoms. The number of aromatic nitrogens is 1. The monoisotopic (exact) mass is 418 g/mol. The van der Waals surface area contributed by atoms with Crippen LogP contribution in [0.25, 0.3) is 10.9 Å². The van der Waals surface area contributed by atoms with E-state index < -0.39 is 9.84 Å². The fourth-order valence-electron chi connectivity index (χ4n) is 3.46. The second-order valence-corrected chi connectivity index (χ2v) is 9.26. The summed E-state index contributed by atoms with van der Waals surface area (Å²) >= 11 is 0. The smallest absolute Gasteiger partial charge is 0.244 e. The summed E-state index contributed by atoms with van der Waals surface area (Å²) in [4.78, 5) is 12.8. The lowest BCUT2D eigenvalue weighted by Gasteiger charge is -2.07. The molecule has 4 rings (SSSR count). The van der Waals surface area contributed by atoms with Gasteiger partial charge in [-0.3, -0.25) is 4.79 Å². The van der Waals surface area contributed by atoms with Crippen LogP contribution in [0, 0.1) is 6.92 Å². The van der Waals surface area contributed by atoms with Crippen LogP contribution in [0.2, 0.25) is 0 Å². The van der Waals surface area contributed by atoms with E-state index >= 15 is 0 Å². The first-order valence-corrected chi connectivity index (χ1v) is 11.3. The molecular formula is C24H22N2O3S. The molecule has 0 atom stereocenters. The molecule has 5 nitrogen and oxygen atoms in total. The van der Waals surface area contributed by atoms with Crippen molar-refractivity contribution in [2.45, 2.75) is 24.1 Å². The van der Waals surface area contributed by atoms with Crippen molar-refractivity contribution in [2.75, 3.05) is 5.32 Å². The molecule has 152 valence electrons. The van der Waals surface area contributed by atoms with Gasteiger partial charge in [0.05, 0.1) is 10.6 Å². The molecule has 0 unspecified atom stereocenters. The van der Waals surface area contributed by atoms with E-state index in [9.17, 15) is 13.2 Å². The van der Waals surface area contributed by atoms with Gasteiger partial charge in [-0.25, -0.2) is 8.42 Å². The maximum Gasteiger partial charge on any atom is 0.244 e. The van der Waals surface area contributed by atoms with Gasteiger partial charge >= 0.3 is 0 Å². The van der Waals surface area contributed by atoms with Crippen molar-refractivity contribution < 1.29 is 13.2 Å². The molecule has 1 N–H and O–H groups in total. The Morgan fingerprint density at radius 2 is 1.57 bits per heavy atom. The minimum Gasteiger partial charge on any atom is -0.337 e. The Morgan fingerprint density at radius 3 is 2.30 bits per heavy atom. The molecule has 1 aromatic heterocycles. The van der Waals surface area contributed by atoms with Crippen LogP contribution >= 0.6 is 0 Å². The molecule has 6 heteroatoms. The minimum absolute atomic E-state index is 0.0231. The largest absolute Gasteiger partial charge is 0.337 e. The number of anilines is 1. The molecule has 3 aromatic carbocycles. The average Bonchev–Trinajstić information content (AvgIpc) is 3.10. The molecular weight excluding hydrogens is 396 g/mol. The quantitative estimate of drug-likeness (QED) is 0.499. The maximum atomic E-state index is 13.1. The fourth-order valence-corrected chi connectivity index (χ4v) is 5.04. The van der Waals surface area contributed by atoms with Crippen LogP contribution in [-0.4, -0.2) is 18.9 Å². The average molecular weight is 419 g/mol. The van der Waals surface area contributed by atoms with E-state index in [-0.39, 0.29) is 23.1 Å². The van der Waals surface area contributed by atoms with Gasteiger partial charge in [-0.15, -0.1) is 0 Å². The molecule has 0 saturated heterocycles. The molecule has 0 radical (unpaired) electrons. The first-order chi connectivity index (χ1) is 14.4. The number of carbonyl (C=O) groups is 1. The maximum absolute atomic E-state index is 13.1. The lowest BCUT2D eigenvalue weighted by Crippen LogP contribution is -2.18. The highest BCUT2D eigenvalue weighted by Crippen LogP contribution is 2.28. The van der Waals surface area contributed by atoms with E-state index in [2.05, 4.69) is 5.32 Å². The topological polar surface area (TPSA) is 68.2 Å². The van der Waals surface area contributed by atoms with Gasteiger partial charge in [-0.1, -0.05) is 66.2 Å². The molecule has 4 aromatic rings. The zero-order valence-electron chi connectivity index (χ0n) is 16.6. The van der Waals surface area contributed by atoms with Crippen molar-refractivity contribution in [2.24, 2.45) is 0 Å². The summed E-state index contributed by atoms with van der Waals surface area (Å²) in [5.41, 5.74) is 3.26. The van der Waals surface area contributed by atoms with Crippen molar-refractivity contribution in [3.63, 3.8) is 0 Å². The normalized spacial score (nSPS) is 11.5. The van der Waals surface area contributed by atoms with Crippen molar-refractivity contribution in [1.82, 2.24) is 4.57 Å². The van der Waals surface area contributed by atoms with Gasteiger partial charge in [0.25, 0.3) is 0 Å². The summed E-state index contributed by atoms with van der Waals surface area (Å²) in [5, 5.41) is 3.48. The molecule has 1 amide bonds. The summed E-state index contributed by atoms with van der Waals surface area (Å²) in [6.45, 7) is 2.00. The molecule has 0 aliphatic rings. The Labute approximate surface area is 175 Å². The lowest BCUT2D eigenvalue weighted by molar-refractivity contribution is -0.116. The van der Waals surface area contributed by atoms with Crippen molar-refractivity contribution in [3.8, 4) is 0 Å². The van der Waals surface area contributed by atoms with Gasteiger partial charge in [0.1, 0.15) is 6.54 Å². The third-order valence-corrected chi connectivity index (χ3v) is 6.64. The van der Waals surface area contributed by atoms with Crippen LogP contribution in [0.3, 0.4) is 0 Å². The zero-order chi connectivity index (χ0) is 21.1. The third-order valence-electron chi connectivity index (χ3n) is 4.94. The van der Waals surface area contributed by atoms with E-state index in [1.807, 2.05) is 61.5 Å². The van der Waals surface area contributed by atoms with Gasteiger partial charge in [0.2, 0.25) is 5.91 Å². The Kier molecular flexibility index (Phi) is 5.42. The van der Waals surface area contributed by atoms with Crippen LogP contribution in [0.4, 0.5) is 5.69 Å². The highest BCUT2D eigenvalue weighted by molar-refractivity contribution is 7.90. The van der Waals surface area contributed by atoms with Gasteiger partial charge in [-0.05, 0) is 30.7 Å². The van der Waals surface area contributed by atoms with Crippen molar-refractivity contribution >= 4 is 32.3 Å². The van der Waals surface area contributed by atoms with E-state index in [0.29, 0.717) is 16.6 Å². The first kappa shape index (κ1) is 19.9. The summed E-state index contributed by atoms with van der Waals surface area (Å²) in [6.07, 6.45) is 1.57. The highest BCUT2D eigenvalue weighted by Gasteiger charge is 2.22.